The third-order valence-corrected chi connectivity index (χ3v) is 4.51. The molecule has 0 bridgehead atoms. The van der Waals surface area contributed by atoms with Crippen molar-refractivity contribution in [3.8, 4) is 5.75 Å². The molecule has 1 aromatic carbocycles. The van der Waals surface area contributed by atoms with Crippen molar-refractivity contribution in [2.24, 2.45) is 5.92 Å². The largest absolute Gasteiger partial charge is 0.496 e. The minimum Gasteiger partial charge on any atom is -0.496 e. The zero-order valence-electron chi connectivity index (χ0n) is 13.0. The van der Waals surface area contributed by atoms with Gasteiger partial charge in [-0.3, -0.25) is 9.59 Å². The molecule has 6 heteroatoms. The molecular weight excluding hydrogens is 296 g/mol. The third-order valence-electron chi connectivity index (χ3n) is 4.51. The summed E-state index contributed by atoms with van der Waals surface area (Å²) in [7, 11) is 1.62. The molecule has 1 aromatic heterocycles. The number of aliphatic carboxylic acids is 1. The number of piperidine rings is 1. The number of aromatic amines is 1. The number of carbonyl (C=O) groups excluding carboxylic acids is 1. The first-order chi connectivity index (χ1) is 11.1. The molecule has 0 saturated carbocycles. The van der Waals surface area contributed by atoms with Crippen LogP contribution in [0.1, 0.15) is 18.4 Å². The van der Waals surface area contributed by atoms with Gasteiger partial charge in [0, 0.05) is 30.2 Å². The van der Waals surface area contributed by atoms with Crippen LogP contribution in [-0.2, 0) is 16.0 Å². The summed E-state index contributed by atoms with van der Waals surface area (Å²) >= 11 is 0. The molecule has 2 heterocycles. The Morgan fingerprint density at radius 3 is 2.74 bits per heavy atom. The molecule has 1 aliphatic rings. The van der Waals surface area contributed by atoms with Crippen LogP contribution < -0.4 is 4.74 Å². The van der Waals surface area contributed by atoms with Crippen molar-refractivity contribution in [1.29, 1.82) is 0 Å². The number of benzene rings is 1. The lowest BCUT2D eigenvalue weighted by Crippen LogP contribution is -2.40. The van der Waals surface area contributed by atoms with Crippen LogP contribution in [0.4, 0.5) is 0 Å². The van der Waals surface area contributed by atoms with Crippen molar-refractivity contribution < 1.29 is 19.4 Å². The van der Waals surface area contributed by atoms with Gasteiger partial charge in [-0.25, -0.2) is 0 Å². The second-order valence-corrected chi connectivity index (χ2v) is 5.87. The standard InChI is InChI=1S/C17H20N2O4/c1-23-14-4-2-3-13-16(14)12(10-18-13)9-15(20)19-7-5-11(6-8-19)17(21)22/h2-4,10-11,18H,5-9H2,1H3,(H,21,22). The highest BCUT2D eigenvalue weighted by atomic mass is 16.5. The van der Waals surface area contributed by atoms with Gasteiger partial charge in [0.1, 0.15) is 5.75 Å². The molecule has 0 radical (unpaired) electrons. The molecular formula is C17H20N2O4. The van der Waals surface area contributed by atoms with E-state index in [1.165, 1.54) is 0 Å². The predicted molar refractivity (Wildman–Crippen MR) is 85.5 cm³/mol. The van der Waals surface area contributed by atoms with Crippen molar-refractivity contribution in [2.45, 2.75) is 19.3 Å². The molecule has 0 spiro atoms. The molecule has 122 valence electrons. The second-order valence-electron chi connectivity index (χ2n) is 5.87. The van der Waals surface area contributed by atoms with Crippen molar-refractivity contribution >= 4 is 22.8 Å². The van der Waals surface area contributed by atoms with Crippen LogP contribution >= 0.6 is 0 Å². The number of nitrogens with one attached hydrogen (secondary N) is 1. The fourth-order valence-corrected chi connectivity index (χ4v) is 3.18. The first-order valence-electron chi connectivity index (χ1n) is 7.73. The lowest BCUT2D eigenvalue weighted by atomic mass is 9.96. The number of carbonyl (C=O) groups is 2. The SMILES string of the molecule is COc1cccc2[nH]cc(CC(=O)N3CCC(C(=O)O)CC3)c12. The quantitative estimate of drug-likeness (QED) is 0.904. The molecule has 1 fully saturated rings. The van der Waals surface area contributed by atoms with Crippen molar-refractivity contribution in [3.63, 3.8) is 0 Å². The molecule has 6 nitrogen and oxygen atoms in total. The van der Waals surface area contributed by atoms with Crippen LogP contribution in [0, 0.1) is 5.92 Å². The van der Waals surface area contributed by atoms with E-state index in [4.69, 9.17) is 9.84 Å². The number of rotatable bonds is 4. The van der Waals surface area contributed by atoms with Gasteiger partial charge in [0.05, 0.1) is 19.4 Å². The van der Waals surface area contributed by atoms with E-state index in [1.807, 2.05) is 24.4 Å². The van der Waals surface area contributed by atoms with Gasteiger partial charge in [0.2, 0.25) is 5.91 Å². The Kier molecular flexibility index (Phi) is 4.23. The average molecular weight is 316 g/mol. The molecule has 2 aromatic rings. The van der Waals surface area contributed by atoms with E-state index in [0.29, 0.717) is 25.9 Å². The Morgan fingerprint density at radius 2 is 2.09 bits per heavy atom. The first-order valence-corrected chi connectivity index (χ1v) is 7.73. The Bertz CT molecular complexity index is 729. The van der Waals surface area contributed by atoms with Crippen LogP contribution in [0.25, 0.3) is 10.9 Å². The van der Waals surface area contributed by atoms with Crippen molar-refractivity contribution in [3.05, 3.63) is 30.0 Å². The maximum Gasteiger partial charge on any atom is 0.306 e. The topological polar surface area (TPSA) is 82.6 Å². The van der Waals surface area contributed by atoms with E-state index in [0.717, 1.165) is 22.2 Å². The molecule has 1 saturated heterocycles. The molecule has 1 aliphatic heterocycles. The number of fused-ring (bicyclic) bond motifs is 1. The number of amides is 1. The monoisotopic (exact) mass is 316 g/mol. The van der Waals surface area contributed by atoms with E-state index in [9.17, 15) is 9.59 Å². The smallest absolute Gasteiger partial charge is 0.306 e. The lowest BCUT2D eigenvalue weighted by Gasteiger charge is -2.30. The Labute approximate surface area is 134 Å². The number of hydrogen-bond acceptors (Lipinski definition) is 3. The van der Waals surface area contributed by atoms with Crippen LogP contribution in [0.3, 0.4) is 0 Å². The maximum atomic E-state index is 12.5. The summed E-state index contributed by atoms with van der Waals surface area (Å²) in [5.74, 6) is -0.317. The lowest BCUT2D eigenvalue weighted by molar-refractivity contribution is -0.145. The molecule has 3 rings (SSSR count). The summed E-state index contributed by atoms with van der Waals surface area (Å²) in [5.41, 5.74) is 1.85. The molecule has 23 heavy (non-hydrogen) atoms. The van der Waals surface area contributed by atoms with Gasteiger partial charge in [-0.1, -0.05) is 6.07 Å². The van der Waals surface area contributed by atoms with Crippen LogP contribution in [0.2, 0.25) is 0 Å². The van der Waals surface area contributed by atoms with Gasteiger partial charge in [-0.05, 0) is 30.5 Å². The number of nitrogens with zero attached hydrogens (tertiary/aromatic N) is 1. The summed E-state index contributed by atoms with van der Waals surface area (Å²) in [6, 6.07) is 5.73. The fraction of sp³-hybridized carbons (Fsp3) is 0.412. The third kappa shape index (κ3) is 3.02. The highest BCUT2D eigenvalue weighted by Crippen LogP contribution is 2.29. The van der Waals surface area contributed by atoms with Crippen LogP contribution in [0.5, 0.6) is 5.75 Å². The van der Waals surface area contributed by atoms with Crippen LogP contribution in [-0.4, -0.2) is 47.1 Å². The van der Waals surface area contributed by atoms with Gasteiger partial charge < -0.3 is 19.7 Å². The first kappa shape index (κ1) is 15.4. The van der Waals surface area contributed by atoms with Gasteiger partial charge in [-0.15, -0.1) is 0 Å². The Hall–Kier alpha value is -2.50. The normalized spacial score (nSPS) is 15.8. The van der Waals surface area contributed by atoms with Crippen molar-refractivity contribution in [2.75, 3.05) is 20.2 Å². The second kappa shape index (κ2) is 6.32. The molecule has 1 amide bonds. The zero-order valence-corrected chi connectivity index (χ0v) is 13.0. The van der Waals surface area contributed by atoms with E-state index in [1.54, 1.807) is 12.0 Å². The number of hydrogen-bond donors (Lipinski definition) is 2. The van der Waals surface area contributed by atoms with Gasteiger partial charge in [0.15, 0.2) is 0 Å². The number of carboxylic acids is 1. The minimum atomic E-state index is -0.765. The van der Waals surface area contributed by atoms with Gasteiger partial charge in [0.25, 0.3) is 0 Å². The fourth-order valence-electron chi connectivity index (χ4n) is 3.18. The number of methoxy groups -OCH3 is 1. The minimum absolute atomic E-state index is 0.0284. The summed E-state index contributed by atoms with van der Waals surface area (Å²) in [6.45, 7) is 1.02. The zero-order chi connectivity index (χ0) is 16.4. The molecule has 0 unspecified atom stereocenters. The van der Waals surface area contributed by atoms with E-state index >= 15 is 0 Å². The van der Waals surface area contributed by atoms with Gasteiger partial charge in [-0.2, -0.15) is 0 Å². The summed E-state index contributed by atoms with van der Waals surface area (Å²) in [4.78, 5) is 28.4. The summed E-state index contributed by atoms with van der Waals surface area (Å²) in [5, 5.41) is 9.96. The van der Waals surface area contributed by atoms with E-state index in [2.05, 4.69) is 4.98 Å². The van der Waals surface area contributed by atoms with E-state index in [-0.39, 0.29) is 18.2 Å². The highest BCUT2D eigenvalue weighted by Gasteiger charge is 2.27. The maximum absolute atomic E-state index is 12.5. The number of aromatic nitrogens is 1. The van der Waals surface area contributed by atoms with Crippen LogP contribution in [0.15, 0.2) is 24.4 Å². The van der Waals surface area contributed by atoms with E-state index < -0.39 is 5.97 Å². The molecule has 0 aliphatic carbocycles. The Balaban J connectivity index is 1.73. The summed E-state index contributed by atoms with van der Waals surface area (Å²) < 4.78 is 5.38. The van der Waals surface area contributed by atoms with Crippen molar-refractivity contribution in [1.82, 2.24) is 9.88 Å². The number of ether oxygens (including phenoxy) is 1. The molecule has 2 N–H and O–H groups in total. The number of H-pyrrole nitrogens is 1. The Morgan fingerprint density at radius 1 is 1.35 bits per heavy atom. The van der Waals surface area contributed by atoms with Gasteiger partial charge >= 0.3 is 5.97 Å². The number of likely N-dealkylation sites (tertiary alicyclic amines) is 1. The summed E-state index contributed by atoms with van der Waals surface area (Å²) in [6.07, 6.45) is 3.18. The molecule has 0 atom stereocenters. The predicted octanol–water partition coefficient (Wildman–Crippen LogP) is 2.04. The number of carboxylic acid groups (broad SMARTS) is 1. The average Bonchev–Trinajstić information content (AvgIpc) is 2.98. The highest BCUT2D eigenvalue weighted by molar-refractivity contribution is 5.93.